The Morgan fingerprint density at radius 2 is 2.23 bits per heavy atom. The summed E-state index contributed by atoms with van der Waals surface area (Å²) in [6, 6.07) is 9.41. The second-order valence-corrected chi connectivity index (χ2v) is 6.58. The molecule has 4 nitrogen and oxygen atoms in total. The van der Waals surface area contributed by atoms with Crippen LogP contribution in [-0.4, -0.2) is 22.3 Å². The number of fused-ring (bicyclic) bond motifs is 1. The molecule has 0 aliphatic carbocycles. The van der Waals surface area contributed by atoms with E-state index in [0.29, 0.717) is 24.6 Å². The Morgan fingerprint density at radius 1 is 1.36 bits per heavy atom. The molecule has 114 valence electrons. The fourth-order valence-electron chi connectivity index (χ4n) is 2.42. The van der Waals surface area contributed by atoms with E-state index in [0.717, 1.165) is 16.0 Å². The fraction of sp³-hybridized carbons (Fsp3) is 0.294. The molecule has 0 unspecified atom stereocenters. The highest BCUT2D eigenvalue weighted by atomic mass is 32.1. The number of aromatic nitrogens is 1. The number of nitrogens with zero attached hydrogens (tertiary/aromatic N) is 2. The molecule has 0 aliphatic heterocycles. The number of benzene rings is 1. The molecule has 3 rings (SSSR count). The molecule has 0 saturated carbocycles. The highest BCUT2D eigenvalue weighted by Crippen LogP contribution is 2.21. The van der Waals surface area contributed by atoms with Crippen molar-refractivity contribution in [3.05, 3.63) is 53.4 Å². The molecular formula is C17H18N2O2S. The second-order valence-electron chi connectivity index (χ2n) is 5.69. The Kier molecular flexibility index (Phi) is 4.24. The third-order valence-electron chi connectivity index (χ3n) is 3.38. The van der Waals surface area contributed by atoms with Gasteiger partial charge in [-0.25, -0.2) is 4.98 Å². The highest BCUT2D eigenvalue weighted by Gasteiger charge is 2.19. The molecule has 0 fully saturated rings. The minimum atomic E-state index is 0.0281. The SMILES string of the molecule is CC(C)CN(Cc1ccco1)C(=O)c1ccc2ncsc2c1. The number of rotatable bonds is 5. The van der Waals surface area contributed by atoms with Gasteiger partial charge >= 0.3 is 0 Å². The van der Waals surface area contributed by atoms with Crippen LogP contribution in [0, 0.1) is 5.92 Å². The van der Waals surface area contributed by atoms with Crippen molar-refractivity contribution in [1.29, 1.82) is 0 Å². The molecule has 0 radical (unpaired) electrons. The molecule has 22 heavy (non-hydrogen) atoms. The standard InChI is InChI=1S/C17H18N2O2S/c1-12(2)9-19(10-14-4-3-7-21-14)17(20)13-5-6-15-16(8-13)22-11-18-15/h3-8,11-12H,9-10H2,1-2H3. The van der Waals surface area contributed by atoms with Gasteiger partial charge in [-0.15, -0.1) is 11.3 Å². The summed E-state index contributed by atoms with van der Waals surface area (Å²) in [6.45, 7) is 5.40. The van der Waals surface area contributed by atoms with Gasteiger partial charge in [0, 0.05) is 12.1 Å². The van der Waals surface area contributed by atoms with Gasteiger partial charge in [0.15, 0.2) is 0 Å². The molecule has 0 spiro atoms. The van der Waals surface area contributed by atoms with Crippen LogP contribution >= 0.6 is 11.3 Å². The maximum absolute atomic E-state index is 12.8. The number of amides is 1. The first kappa shape index (κ1) is 14.8. The minimum Gasteiger partial charge on any atom is -0.467 e. The average molecular weight is 314 g/mol. The number of thiazole rings is 1. The van der Waals surface area contributed by atoms with Crippen molar-refractivity contribution in [2.75, 3.05) is 6.54 Å². The Labute approximate surface area is 133 Å². The molecule has 0 N–H and O–H groups in total. The molecule has 1 amide bonds. The van der Waals surface area contributed by atoms with Crippen molar-refractivity contribution in [3.8, 4) is 0 Å². The maximum atomic E-state index is 12.8. The normalized spacial score (nSPS) is 11.2. The van der Waals surface area contributed by atoms with Crippen LogP contribution in [0.2, 0.25) is 0 Å². The Bertz CT molecular complexity index is 762. The molecule has 1 aromatic carbocycles. The lowest BCUT2D eigenvalue weighted by Crippen LogP contribution is -2.33. The molecule has 2 heterocycles. The number of furan rings is 1. The zero-order valence-electron chi connectivity index (χ0n) is 12.7. The van der Waals surface area contributed by atoms with Crippen molar-refractivity contribution in [2.45, 2.75) is 20.4 Å². The van der Waals surface area contributed by atoms with E-state index in [2.05, 4.69) is 18.8 Å². The van der Waals surface area contributed by atoms with E-state index in [1.165, 1.54) is 0 Å². The monoisotopic (exact) mass is 314 g/mol. The van der Waals surface area contributed by atoms with Crippen molar-refractivity contribution in [2.24, 2.45) is 5.92 Å². The lowest BCUT2D eigenvalue weighted by molar-refractivity contribution is 0.0710. The highest BCUT2D eigenvalue weighted by molar-refractivity contribution is 7.16. The van der Waals surface area contributed by atoms with Crippen LogP contribution in [0.4, 0.5) is 0 Å². The zero-order valence-corrected chi connectivity index (χ0v) is 13.5. The fourth-order valence-corrected chi connectivity index (χ4v) is 3.14. The summed E-state index contributed by atoms with van der Waals surface area (Å²) in [4.78, 5) is 18.9. The molecule has 0 saturated heterocycles. The molecule has 0 aliphatic rings. The van der Waals surface area contributed by atoms with Gasteiger partial charge in [-0.2, -0.15) is 0 Å². The van der Waals surface area contributed by atoms with Crippen molar-refractivity contribution in [3.63, 3.8) is 0 Å². The molecule has 0 atom stereocenters. The maximum Gasteiger partial charge on any atom is 0.254 e. The molecular weight excluding hydrogens is 296 g/mol. The third kappa shape index (κ3) is 3.20. The van der Waals surface area contributed by atoms with Gasteiger partial charge in [0.2, 0.25) is 0 Å². The minimum absolute atomic E-state index is 0.0281. The Morgan fingerprint density at radius 3 is 2.95 bits per heavy atom. The second kappa shape index (κ2) is 6.32. The third-order valence-corrected chi connectivity index (χ3v) is 4.17. The van der Waals surface area contributed by atoms with Gasteiger partial charge in [0.1, 0.15) is 5.76 Å². The van der Waals surface area contributed by atoms with E-state index >= 15 is 0 Å². The van der Waals surface area contributed by atoms with Gasteiger partial charge < -0.3 is 9.32 Å². The topological polar surface area (TPSA) is 46.3 Å². The lowest BCUT2D eigenvalue weighted by Gasteiger charge is -2.23. The van der Waals surface area contributed by atoms with Gasteiger partial charge in [-0.3, -0.25) is 4.79 Å². The summed E-state index contributed by atoms with van der Waals surface area (Å²) in [6.07, 6.45) is 1.64. The summed E-state index contributed by atoms with van der Waals surface area (Å²) in [5, 5.41) is 0. The van der Waals surface area contributed by atoms with Crippen molar-refractivity contribution in [1.82, 2.24) is 9.88 Å². The first-order chi connectivity index (χ1) is 10.6. The first-order valence-corrected chi connectivity index (χ1v) is 8.16. The van der Waals surface area contributed by atoms with Crippen LogP contribution < -0.4 is 0 Å². The first-order valence-electron chi connectivity index (χ1n) is 7.28. The molecule has 3 aromatic rings. The van der Waals surface area contributed by atoms with Gasteiger partial charge in [-0.05, 0) is 36.2 Å². The van der Waals surface area contributed by atoms with E-state index < -0.39 is 0 Å². The van der Waals surface area contributed by atoms with Crippen LogP contribution in [0.5, 0.6) is 0 Å². The summed E-state index contributed by atoms with van der Waals surface area (Å²) in [5.41, 5.74) is 3.43. The van der Waals surface area contributed by atoms with Crippen molar-refractivity contribution >= 4 is 27.5 Å². The average Bonchev–Trinajstić information content (AvgIpc) is 3.15. The largest absolute Gasteiger partial charge is 0.467 e. The van der Waals surface area contributed by atoms with Gasteiger partial charge in [0.25, 0.3) is 5.91 Å². The molecule has 2 aromatic heterocycles. The van der Waals surface area contributed by atoms with E-state index in [1.807, 2.05) is 35.2 Å². The van der Waals surface area contributed by atoms with Crippen LogP contribution in [0.3, 0.4) is 0 Å². The summed E-state index contributed by atoms with van der Waals surface area (Å²) in [5.74, 6) is 1.22. The van der Waals surface area contributed by atoms with Gasteiger partial charge in [-0.1, -0.05) is 13.8 Å². The zero-order chi connectivity index (χ0) is 15.5. The van der Waals surface area contributed by atoms with Gasteiger partial charge in [0.05, 0.1) is 28.5 Å². The smallest absolute Gasteiger partial charge is 0.254 e. The van der Waals surface area contributed by atoms with E-state index in [-0.39, 0.29) is 5.91 Å². The lowest BCUT2D eigenvalue weighted by atomic mass is 10.1. The number of carbonyl (C=O) groups is 1. The molecule has 0 bridgehead atoms. The summed E-state index contributed by atoms with van der Waals surface area (Å²) >= 11 is 1.55. The predicted molar refractivity (Wildman–Crippen MR) is 87.9 cm³/mol. The number of hydrogen-bond donors (Lipinski definition) is 0. The number of carbonyl (C=O) groups excluding carboxylic acids is 1. The van der Waals surface area contributed by atoms with E-state index in [9.17, 15) is 4.79 Å². The van der Waals surface area contributed by atoms with Crippen LogP contribution in [0.15, 0.2) is 46.5 Å². The Hall–Kier alpha value is -2.14. The Balaban J connectivity index is 1.86. The summed E-state index contributed by atoms with van der Waals surface area (Å²) in [7, 11) is 0. The van der Waals surface area contributed by atoms with Crippen molar-refractivity contribution < 1.29 is 9.21 Å². The summed E-state index contributed by atoms with van der Waals surface area (Å²) < 4.78 is 6.42. The van der Waals surface area contributed by atoms with Crippen LogP contribution in [0.1, 0.15) is 30.0 Å². The quantitative estimate of drug-likeness (QED) is 0.709. The van der Waals surface area contributed by atoms with Crippen LogP contribution in [-0.2, 0) is 6.54 Å². The molecule has 5 heteroatoms. The van der Waals surface area contributed by atoms with Crippen LogP contribution in [0.25, 0.3) is 10.2 Å². The number of hydrogen-bond acceptors (Lipinski definition) is 4. The predicted octanol–water partition coefficient (Wildman–Crippen LogP) is 4.19. The van der Waals surface area contributed by atoms with E-state index in [4.69, 9.17) is 4.42 Å². The van der Waals surface area contributed by atoms with E-state index in [1.54, 1.807) is 23.1 Å².